The van der Waals surface area contributed by atoms with Crippen molar-refractivity contribution in [1.29, 1.82) is 0 Å². The highest BCUT2D eigenvalue weighted by molar-refractivity contribution is 7.91. The monoisotopic (exact) mass is 262 g/mol. The molecule has 0 saturated carbocycles. The lowest BCUT2D eigenvalue weighted by Gasteiger charge is -2.30. The molecule has 1 amide bonds. The van der Waals surface area contributed by atoms with Crippen molar-refractivity contribution in [3.8, 4) is 0 Å². The van der Waals surface area contributed by atoms with Crippen LogP contribution >= 0.6 is 0 Å². The standard InChI is InChI=1S/C11H22N2O3S/c1-4-13(11(14)10(12)8(2)3)9-5-6-17(15,16)7-9/h8-10H,4-7,12H2,1-3H3/t9?,10-/m0/s1. The van der Waals surface area contributed by atoms with Gasteiger partial charge in [0.2, 0.25) is 5.91 Å². The minimum absolute atomic E-state index is 0.0644. The zero-order chi connectivity index (χ0) is 13.2. The zero-order valence-corrected chi connectivity index (χ0v) is 11.5. The molecular formula is C11H22N2O3S. The van der Waals surface area contributed by atoms with Gasteiger partial charge < -0.3 is 10.6 Å². The van der Waals surface area contributed by atoms with Crippen LogP contribution in [0.5, 0.6) is 0 Å². The Balaban J connectivity index is 2.76. The van der Waals surface area contributed by atoms with Crippen LogP contribution in [0.15, 0.2) is 0 Å². The molecule has 1 aliphatic heterocycles. The Hall–Kier alpha value is -0.620. The van der Waals surface area contributed by atoms with Crippen LogP contribution in [0.1, 0.15) is 27.2 Å². The Morgan fingerprint density at radius 2 is 2.06 bits per heavy atom. The topological polar surface area (TPSA) is 80.5 Å². The zero-order valence-electron chi connectivity index (χ0n) is 10.7. The van der Waals surface area contributed by atoms with Gasteiger partial charge in [-0.1, -0.05) is 13.8 Å². The van der Waals surface area contributed by atoms with E-state index < -0.39 is 15.9 Å². The lowest BCUT2D eigenvalue weighted by Crippen LogP contribution is -2.50. The number of carbonyl (C=O) groups is 1. The minimum Gasteiger partial charge on any atom is -0.338 e. The number of hydrogen-bond acceptors (Lipinski definition) is 4. The molecule has 2 atom stereocenters. The molecule has 0 aromatic heterocycles. The molecule has 0 bridgehead atoms. The maximum Gasteiger partial charge on any atom is 0.240 e. The summed E-state index contributed by atoms with van der Waals surface area (Å²) >= 11 is 0. The summed E-state index contributed by atoms with van der Waals surface area (Å²) in [6, 6.07) is -0.736. The number of likely N-dealkylation sites (N-methyl/N-ethyl adjacent to an activating group) is 1. The Morgan fingerprint density at radius 3 is 2.41 bits per heavy atom. The summed E-state index contributed by atoms with van der Waals surface area (Å²) in [5, 5.41) is 0. The van der Waals surface area contributed by atoms with Crippen LogP contribution in [0.25, 0.3) is 0 Å². The van der Waals surface area contributed by atoms with Gasteiger partial charge in [0.15, 0.2) is 9.84 Å². The minimum atomic E-state index is -2.96. The van der Waals surface area contributed by atoms with Crippen molar-refractivity contribution in [2.24, 2.45) is 11.7 Å². The van der Waals surface area contributed by atoms with Gasteiger partial charge in [-0.3, -0.25) is 4.79 Å². The first-order valence-electron chi connectivity index (χ1n) is 6.05. The molecule has 6 heteroatoms. The molecule has 0 aliphatic carbocycles. The summed E-state index contributed by atoms with van der Waals surface area (Å²) < 4.78 is 22.8. The van der Waals surface area contributed by atoms with Crippen LogP contribution < -0.4 is 5.73 Å². The fourth-order valence-corrected chi connectivity index (χ4v) is 3.82. The number of hydrogen-bond donors (Lipinski definition) is 1. The Kier molecular flexibility index (Phi) is 4.55. The third-order valence-electron chi connectivity index (χ3n) is 3.28. The number of nitrogens with two attached hydrogens (primary N) is 1. The fraction of sp³-hybridized carbons (Fsp3) is 0.909. The molecule has 1 saturated heterocycles. The van der Waals surface area contributed by atoms with E-state index in [1.165, 1.54) is 0 Å². The Morgan fingerprint density at radius 1 is 1.47 bits per heavy atom. The van der Waals surface area contributed by atoms with E-state index in [4.69, 9.17) is 5.73 Å². The maximum atomic E-state index is 12.1. The third kappa shape index (κ3) is 3.42. The summed E-state index contributed by atoms with van der Waals surface area (Å²) in [7, 11) is -2.96. The van der Waals surface area contributed by atoms with E-state index >= 15 is 0 Å². The predicted octanol–water partition coefficient (Wildman–Crippen LogP) is 0.00530. The molecule has 5 nitrogen and oxygen atoms in total. The summed E-state index contributed by atoms with van der Waals surface area (Å²) in [6.07, 6.45) is 0.534. The fourth-order valence-electron chi connectivity index (χ4n) is 2.09. The van der Waals surface area contributed by atoms with Crippen LogP contribution in [-0.4, -0.2) is 49.4 Å². The van der Waals surface area contributed by atoms with Crippen molar-refractivity contribution in [3.63, 3.8) is 0 Å². The van der Waals surface area contributed by atoms with E-state index in [-0.39, 0.29) is 29.4 Å². The molecule has 1 rings (SSSR count). The van der Waals surface area contributed by atoms with Crippen molar-refractivity contribution < 1.29 is 13.2 Å². The first-order chi connectivity index (χ1) is 7.78. The van der Waals surface area contributed by atoms with Crippen molar-refractivity contribution in [1.82, 2.24) is 4.90 Å². The van der Waals surface area contributed by atoms with Crippen molar-refractivity contribution in [2.75, 3.05) is 18.1 Å². The van der Waals surface area contributed by atoms with E-state index in [9.17, 15) is 13.2 Å². The second-order valence-electron chi connectivity index (χ2n) is 4.95. The second kappa shape index (κ2) is 5.35. The second-order valence-corrected chi connectivity index (χ2v) is 7.18. The molecule has 1 fully saturated rings. The lowest BCUT2D eigenvalue weighted by molar-refractivity contribution is -0.135. The van der Waals surface area contributed by atoms with Crippen molar-refractivity contribution in [3.05, 3.63) is 0 Å². The highest BCUT2D eigenvalue weighted by atomic mass is 32.2. The third-order valence-corrected chi connectivity index (χ3v) is 5.03. The Labute approximate surface area is 103 Å². The highest BCUT2D eigenvalue weighted by Gasteiger charge is 2.35. The van der Waals surface area contributed by atoms with Crippen molar-refractivity contribution in [2.45, 2.75) is 39.3 Å². The maximum absolute atomic E-state index is 12.1. The lowest BCUT2D eigenvalue weighted by atomic mass is 10.0. The average Bonchev–Trinajstić information content (AvgIpc) is 2.58. The highest BCUT2D eigenvalue weighted by Crippen LogP contribution is 2.19. The molecule has 100 valence electrons. The quantitative estimate of drug-likeness (QED) is 0.773. The summed E-state index contributed by atoms with van der Waals surface area (Å²) in [4.78, 5) is 13.7. The first-order valence-corrected chi connectivity index (χ1v) is 7.87. The van der Waals surface area contributed by atoms with Gasteiger partial charge >= 0.3 is 0 Å². The Bertz CT molecular complexity index is 378. The van der Waals surface area contributed by atoms with E-state index in [2.05, 4.69) is 0 Å². The van der Waals surface area contributed by atoms with E-state index in [0.29, 0.717) is 13.0 Å². The molecule has 1 heterocycles. The summed E-state index contributed by atoms with van der Waals surface area (Å²) in [6.45, 7) is 6.15. The first kappa shape index (κ1) is 14.4. The normalized spacial score (nSPS) is 24.9. The van der Waals surface area contributed by atoms with Gasteiger partial charge in [-0.15, -0.1) is 0 Å². The van der Waals surface area contributed by atoms with E-state index in [1.54, 1.807) is 4.90 Å². The number of rotatable bonds is 4. The predicted molar refractivity (Wildman–Crippen MR) is 67.3 cm³/mol. The molecule has 2 N–H and O–H groups in total. The van der Waals surface area contributed by atoms with Crippen molar-refractivity contribution >= 4 is 15.7 Å². The molecule has 0 aromatic carbocycles. The SMILES string of the molecule is CCN(C(=O)[C@@H](N)C(C)C)C1CCS(=O)(=O)C1. The van der Waals surface area contributed by atoms with Crippen LogP contribution in [0, 0.1) is 5.92 Å². The van der Waals surface area contributed by atoms with Gasteiger partial charge in [-0.2, -0.15) is 0 Å². The number of amides is 1. The van der Waals surface area contributed by atoms with Gasteiger partial charge in [-0.25, -0.2) is 8.42 Å². The average molecular weight is 262 g/mol. The van der Waals surface area contributed by atoms with Gasteiger partial charge in [0.25, 0.3) is 0 Å². The molecule has 1 unspecified atom stereocenters. The number of carbonyl (C=O) groups excluding carboxylic acids is 1. The van der Waals surface area contributed by atoms with Crippen LogP contribution in [0.2, 0.25) is 0 Å². The summed E-state index contributed by atoms with van der Waals surface area (Å²) in [5.41, 5.74) is 5.83. The molecule has 0 aromatic rings. The van der Waals surface area contributed by atoms with Gasteiger partial charge in [-0.05, 0) is 19.3 Å². The molecule has 0 radical (unpaired) electrons. The summed E-state index contributed by atoms with van der Waals surface area (Å²) in [5.74, 6) is 0.189. The van der Waals surface area contributed by atoms with Gasteiger partial charge in [0.1, 0.15) is 0 Å². The molecule has 1 aliphatic rings. The largest absolute Gasteiger partial charge is 0.338 e. The van der Waals surface area contributed by atoms with Gasteiger partial charge in [0.05, 0.1) is 17.5 Å². The smallest absolute Gasteiger partial charge is 0.240 e. The van der Waals surface area contributed by atoms with E-state index in [1.807, 2.05) is 20.8 Å². The van der Waals surface area contributed by atoms with E-state index in [0.717, 1.165) is 0 Å². The van der Waals surface area contributed by atoms with Crippen LogP contribution in [0.4, 0.5) is 0 Å². The van der Waals surface area contributed by atoms with Crippen LogP contribution in [0.3, 0.4) is 0 Å². The molecular weight excluding hydrogens is 240 g/mol. The molecule has 17 heavy (non-hydrogen) atoms. The number of sulfone groups is 1. The number of nitrogens with zero attached hydrogens (tertiary/aromatic N) is 1. The molecule has 0 spiro atoms. The van der Waals surface area contributed by atoms with Crippen LogP contribution in [-0.2, 0) is 14.6 Å². The van der Waals surface area contributed by atoms with Gasteiger partial charge in [0, 0.05) is 12.6 Å².